The maximum absolute atomic E-state index is 13.2. The summed E-state index contributed by atoms with van der Waals surface area (Å²) in [4.78, 5) is 37.3. The van der Waals surface area contributed by atoms with Crippen LogP contribution in [0.4, 0.5) is 11.4 Å². The van der Waals surface area contributed by atoms with Crippen LogP contribution in [0.15, 0.2) is 85.2 Å². The van der Waals surface area contributed by atoms with Crippen LogP contribution in [0.2, 0.25) is 5.02 Å². The molecule has 0 aliphatic carbocycles. The highest BCUT2D eigenvalue weighted by molar-refractivity contribution is 6.30. The van der Waals surface area contributed by atoms with Crippen LogP contribution in [-0.4, -0.2) is 44.0 Å². The number of halogens is 1. The summed E-state index contributed by atoms with van der Waals surface area (Å²) in [7, 11) is 0. The molecule has 38 heavy (non-hydrogen) atoms. The Bertz CT molecular complexity index is 1440. The molecule has 4 rings (SSSR count). The number of hydrogen-bond donors (Lipinski definition) is 3. The van der Waals surface area contributed by atoms with Gasteiger partial charge in [0.15, 0.2) is 0 Å². The molecule has 0 radical (unpaired) electrons. The van der Waals surface area contributed by atoms with Crippen molar-refractivity contribution in [2.24, 2.45) is 0 Å². The number of carbonyl (C=O) groups is 3. The number of carbonyl (C=O) groups excluding carboxylic acids is 3. The third-order valence-electron chi connectivity index (χ3n) is 5.39. The van der Waals surface area contributed by atoms with E-state index in [1.807, 2.05) is 30.3 Å². The topological polar surface area (TPSA) is 131 Å². The Kier molecular flexibility index (Phi) is 8.57. The van der Waals surface area contributed by atoms with Crippen LogP contribution in [0.5, 0.6) is 0 Å². The molecule has 3 N–H and O–H groups in total. The summed E-state index contributed by atoms with van der Waals surface area (Å²) in [6.45, 7) is 1.42. The minimum atomic E-state index is -0.858. The number of anilines is 2. The molecule has 10 nitrogen and oxygen atoms in total. The zero-order valence-electron chi connectivity index (χ0n) is 20.3. The Morgan fingerprint density at radius 1 is 0.974 bits per heavy atom. The number of tetrazole rings is 1. The first-order valence-corrected chi connectivity index (χ1v) is 12.0. The highest BCUT2D eigenvalue weighted by atomic mass is 35.5. The van der Waals surface area contributed by atoms with Crippen molar-refractivity contribution < 1.29 is 14.4 Å². The quantitative estimate of drug-likeness (QED) is 0.284. The smallest absolute Gasteiger partial charge is 0.247 e. The van der Waals surface area contributed by atoms with E-state index in [0.29, 0.717) is 27.6 Å². The third-order valence-corrected chi connectivity index (χ3v) is 5.62. The highest BCUT2D eigenvalue weighted by Gasteiger charge is 2.21. The number of rotatable bonds is 9. The summed E-state index contributed by atoms with van der Waals surface area (Å²) in [5.41, 5.74) is 3.26. The molecule has 0 saturated heterocycles. The molecule has 11 heteroatoms. The first-order valence-electron chi connectivity index (χ1n) is 11.6. The Morgan fingerprint density at radius 3 is 2.34 bits per heavy atom. The van der Waals surface area contributed by atoms with Crippen LogP contribution in [-0.2, 0) is 20.8 Å². The average Bonchev–Trinajstić information content (AvgIpc) is 3.43. The Morgan fingerprint density at radius 2 is 1.68 bits per heavy atom. The van der Waals surface area contributed by atoms with Crippen molar-refractivity contribution in [3.8, 4) is 5.69 Å². The number of hydrogen-bond acceptors (Lipinski definition) is 6. The van der Waals surface area contributed by atoms with E-state index in [2.05, 4.69) is 31.5 Å². The Labute approximate surface area is 223 Å². The summed E-state index contributed by atoms with van der Waals surface area (Å²) < 4.78 is 1.46. The van der Waals surface area contributed by atoms with Crippen LogP contribution >= 0.6 is 11.6 Å². The summed E-state index contributed by atoms with van der Waals surface area (Å²) in [5, 5.41) is 19.9. The number of aromatic nitrogens is 4. The summed E-state index contributed by atoms with van der Waals surface area (Å²) in [6, 6.07) is 20.3. The van der Waals surface area contributed by atoms with Crippen LogP contribution in [0, 0.1) is 0 Å². The van der Waals surface area contributed by atoms with Gasteiger partial charge < -0.3 is 16.0 Å². The van der Waals surface area contributed by atoms with Gasteiger partial charge in [-0.1, -0.05) is 41.9 Å². The van der Waals surface area contributed by atoms with Crippen molar-refractivity contribution in [1.82, 2.24) is 25.5 Å². The fraction of sp³-hybridized carbons (Fsp3) is 0.111. The molecule has 0 spiro atoms. The molecular weight excluding hydrogens is 506 g/mol. The van der Waals surface area contributed by atoms with Crippen molar-refractivity contribution in [2.75, 3.05) is 10.6 Å². The molecule has 0 aliphatic heterocycles. The van der Waals surface area contributed by atoms with E-state index >= 15 is 0 Å². The van der Waals surface area contributed by atoms with Gasteiger partial charge in [0.05, 0.1) is 5.69 Å². The molecule has 1 heterocycles. The Hall–Kier alpha value is -4.83. The molecule has 0 unspecified atom stereocenters. The van der Waals surface area contributed by atoms with E-state index in [1.165, 1.54) is 24.0 Å². The second-order valence-corrected chi connectivity index (χ2v) is 8.73. The maximum atomic E-state index is 13.2. The van der Waals surface area contributed by atoms with Gasteiger partial charge in [-0.15, -0.1) is 5.10 Å². The van der Waals surface area contributed by atoms with Gasteiger partial charge in [0.1, 0.15) is 12.4 Å². The van der Waals surface area contributed by atoms with E-state index < -0.39 is 11.9 Å². The van der Waals surface area contributed by atoms with Crippen LogP contribution in [0.25, 0.3) is 11.8 Å². The van der Waals surface area contributed by atoms with Crippen molar-refractivity contribution in [2.45, 2.75) is 19.4 Å². The van der Waals surface area contributed by atoms with Gasteiger partial charge in [-0.3, -0.25) is 14.4 Å². The van der Waals surface area contributed by atoms with Gasteiger partial charge in [0.25, 0.3) is 0 Å². The van der Waals surface area contributed by atoms with Crippen LogP contribution in [0.3, 0.4) is 0 Å². The second kappa shape index (κ2) is 12.4. The fourth-order valence-electron chi connectivity index (χ4n) is 3.65. The fourth-order valence-corrected chi connectivity index (χ4v) is 3.83. The van der Waals surface area contributed by atoms with Gasteiger partial charge in [-0.05, 0) is 64.5 Å². The number of amides is 3. The second-order valence-electron chi connectivity index (χ2n) is 8.29. The number of nitrogens with zero attached hydrogens (tertiary/aromatic N) is 4. The molecule has 1 aromatic heterocycles. The molecule has 0 saturated carbocycles. The summed E-state index contributed by atoms with van der Waals surface area (Å²) in [5.74, 6) is -1.05. The Balaban J connectivity index is 1.50. The van der Waals surface area contributed by atoms with Gasteiger partial charge in [-0.2, -0.15) is 4.68 Å². The standard InChI is InChI=1S/C27H24ClN7O3/c1-18(36)30-22-9-11-23(12-10-22)31-27(38)24(15-19-5-3-2-4-6-19)32-26(37)14-7-20-16-21(28)8-13-25(20)35-17-29-33-34-35/h2-14,16-17,24H,15H2,1H3,(H,30,36)(H,31,38)(H,32,37)/b14-7+/t24-/m0/s1. The number of benzene rings is 3. The van der Waals surface area contributed by atoms with Crippen molar-refractivity contribution >= 4 is 46.8 Å². The molecule has 0 aliphatic rings. The first kappa shape index (κ1) is 26.2. The number of nitrogens with one attached hydrogen (secondary N) is 3. The van der Waals surface area contributed by atoms with E-state index in [4.69, 9.17) is 11.6 Å². The highest BCUT2D eigenvalue weighted by Crippen LogP contribution is 2.20. The normalized spacial score (nSPS) is 11.6. The average molecular weight is 530 g/mol. The maximum Gasteiger partial charge on any atom is 0.247 e. The van der Waals surface area contributed by atoms with Crippen LogP contribution < -0.4 is 16.0 Å². The zero-order chi connectivity index (χ0) is 26.9. The predicted molar refractivity (Wildman–Crippen MR) is 145 cm³/mol. The predicted octanol–water partition coefficient (Wildman–Crippen LogP) is 3.65. The third kappa shape index (κ3) is 7.34. The lowest BCUT2D eigenvalue weighted by atomic mass is 10.0. The lowest BCUT2D eigenvalue weighted by Gasteiger charge is -2.18. The first-order chi connectivity index (χ1) is 18.4. The van der Waals surface area contributed by atoms with Gasteiger partial charge in [0, 0.05) is 41.4 Å². The summed E-state index contributed by atoms with van der Waals surface area (Å²) in [6.07, 6.45) is 4.62. The monoisotopic (exact) mass is 529 g/mol. The van der Waals surface area contributed by atoms with E-state index in [0.717, 1.165) is 5.56 Å². The van der Waals surface area contributed by atoms with E-state index in [1.54, 1.807) is 48.5 Å². The minimum absolute atomic E-state index is 0.191. The molecule has 0 fully saturated rings. The van der Waals surface area contributed by atoms with Gasteiger partial charge in [-0.25, -0.2) is 0 Å². The van der Waals surface area contributed by atoms with Crippen molar-refractivity contribution in [3.63, 3.8) is 0 Å². The molecule has 0 bridgehead atoms. The molecule has 4 aromatic rings. The molecule has 192 valence electrons. The van der Waals surface area contributed by atoms with E-state index in [-0.39, 0.29) is 18.2 Å². The molecular formula is C27H24ClN7O3. The lowest BCUT2D eigenvalue weighted by Crippen LogP contribution is -2.44. The zero-order valence-corrected chi connectivity index (χ0v) is 21.1. The van der Waals surface area contributed by atoms with Gasteiger partial charge in [0.2, 0.25) is 17.7 Å². The molecule has 1 atom stereocenters. The largest absolute Gasteiger partial charge is 0.340 e. The minimum Gasteiger partial charge on any atom is -0.340 e. The molecule has 3 aromatic carbocycles. The molecule has 3 amide bonds. The van der Waals surface area contributed by atoms with E-state index in [9.17, 15) is 14.4 Å². The lowest BCUT2D eigenvalue weighted by molar-refractivity contribution is -0.123. The van der Waals surface area contributed by atoms with Crippen LogP contribution in [0.1, 0.15) is 18.1 Å². The van der Waals surface area contributed by atoms with Gasteiger partial charge >= 0.3 is 0 Å². The summed E-state index contributed by atoms with van der Waals surface area (Å²) >= 11 is 6.15. The van der Waals surface area contributed by atoms with Crippen molar-refractivity contribution in [3.05, 3.63) is 101 Å². The SMILES string of the molecule is CC(=O)Nc1ccc(NC(=O)[C@H](Cc2ccccc2)NC(=O)/C=C/c2cc(Cl)ccc2-n2cnnn2)cc1. The van der Waals surface area contributed by atoms with Crippen molar-refractivity contribution in [1.29, 1.82) is 0 Å².